The van der Waals surface area contributed by atoms with Crippen LogP contribution >= 0.6 is 11.6 Å². The van der Waals surface area contributed by atoms with Gasteiger partial charge in [-0.05, 0) is 12.1 Å². The average Bonchev–Trinajstić information content (AvgIpc) is 3.32. The molecular formula is C23H23ClN6O2. The van der Waals surface area contributed by atoms with E-state index in [1.807, 2.05) is 45.0 Å². The molecule has 32 heavy (non-hydrogen) atoms. The first-order valence-corrected chi connectivity index (χ1v) is 10.5. The Balaban J connectivity index is 1.94. The SMILES string of the molecule is Cn1nc(C(C)(C)C)c(C#N)c1-c1nc2c(OCCO)nc(-c3ccccc3Cl)cc2[nH]1. The molecule has 0 bridgehead atoms. The van der Waals surface area contributed by atoms with E-state index in [1.54, 1.807) is 17.8 Å². The molecule has 0 unspecified atom stereocenters. The number of halogens is 1. The number of ether oxygens (including phenoxy) is 1. The van der Waals surface area contributed by atoms with Crippen LogP contribution in [0.15, 0.2) is 30.3 Å². The minimum Gasteiger partial charge on any atom is -0.474 e. The van der Waals surface area contributed by atoms with Crippen LogP contribution in [-0.4, -0.2) is 43.1 Å². The Hall–Kier alpha value is -3.41. The van der Waals surface area contributed by atoms with Crippen molar-refractivity contribution in [2.24, 2.45) is 7.05 Å². The first kappa shape index (κ1) is 21.8. The van der Waals surface area contributed by atoms with Crippen LogP contribution in [0, 0.1) is 11.3 Å². The molecule has 4 aromatic rings. The van der Waals surface area contributed by atoms with Crippen molar-refractivity contribution >= 4 is 22.6 Å². The third kappa shape index (κ3) is 3.81. The summed E-state index contributed by atoms with van der Waals surface area (Å²) in [6.07, 6.45) is 0. The second kappa shape index (κ2) is 8.26. The molecule has 1 aromatic carbocycles. The number of nitrogens with one attached hydrogen (secondary N) is 1. The first-order valence-electron chi connectivity index (χ1n) is 10.1. The van der Waals surface area contributed by atoms with E-state index in [4.69, 9.17) is 16.3 Å². The smallest absolute Gasteiger partial charge is 0.242 e. The highest BCUT2D eigenvalue weighted by Gasteiger charge is 2.28. The van der Waals surface area contributed by atoms with Crippen LogP contribution in [0.3, 0.4) is 0 Å². The fraction of sp³-hybridized carbons (Fsp3) is 0.304. The lowest BCUT2D eigenvalue weighted by molar-refractivity contribution is 0.198. The van der Waals surface area contributed by atoms with Crippen molar-refractivity contribution in [1.29, 1.82) is 5.26 Å². The second-order valence-electron chi connectivity index (χ2n) is 8.40. The zero-order valence-corrected chi connectivity index (χ0v) is 19.0. The molecule has 0 aliphatic rings. The number of benzene rings is 1. The van der Waals surface area contributed by atoms with E-state index in [1.165, 1.54) is 0 Å². The molecule has 8 nitrogen and oxygen atoms in total. The highest BCUT2D eigenvalue weighted by atomic mass is 35.5. The summed E-state index contributed by atoms with van der Waals surface area (Å²) in [5.74, 6) is 0.750. The Morgan fingerprint density at radius 1 is 1.25 bits per heavy atom. The predicted molar refractivity (Wildman–Crippen MR) is 123 cm³/mol. The van der Waals surface area contributed by atoms with Gasteiger partial charge in [0.25, 0.3) is 0 Å². The molecule has 2 N–H and O–H groups in total. The first-order chi connectivity index (χ1) is 15.2. The molecule has 0 atom stereocenters. The number of pyridine rings is 1. The van der Waals surface area contributed by atoms with Gasteiger partial charge in [0.15, 0.2) is 11.3 Å². The highest BCUT2D eigenvalue weighted by Crippen LogP contribution is 2.35. The van der Waals surface area contributed by atoms with E-state index in [9.17, 15) is 10.4 Å². The summed E-state index contributed by atoms with van der Waals surface area (Å²) >= 11 is 6.38. The van der Waals surface area contributed by atoms with Crippen molar-refractivity contribution in [3.63, 3.8) is 0 Å². The Morgan fingerprint density at radius 3 is 2.66 bits per heavy atom. The van der Waals surface area contributed by atoms with Crippen LogP contribution < -0.4 is 4.74 Å². The summed E-state index contributed by atoms with van der Waals surface area (Å²) in [6.45, 7) is 5.95. The molecule has 4 rings (SSSR count). The van der Waals surface area contributed by atoms with E-state index in [0.29, 0.717) is 44.5 Å². The number of aliphatic hydroxyl groups is 1. The van der Waals surface area contributed by atoms with Gasteiger partial charge >= 0.3 is 0 Å². The van der Waals surface area contributed by atoms with Gasteiger partial charge < -0.3 is 14.8 Å². The summed E-state index contributed by atoms with van der Waals surface area (Å²) < 4.78 is 7.35. The average molecular weight is 451 g/mol. The number of hydrogen-bond donors (Lipinski definition) is 2. The van der Waals surface area contributed by atoms with Crippen LogP contribution in [0.25, 0.3) is 33.8 Å². The molecule has 0 saturated carbocycles. The van der Waals surface area contributed by atoms with Gasteiger partial charge in [0, 0.05) is 23.0 Å². The number of aromatic amines is 1. The maximum Gasteiger partial charge on any atom is 0.242 e. The number of H-pyrrole nitrogens is 1. The second-order valence-corrected chi connectivity index (χ2v) is 8.81. The van der Waals surface area contributed by atoms with Gasteiger partial charge in [-0.3, -0.25) is 4.68 Å². The molecule has 3 aromatic heterocycles. The van der Waals surface area contributed by atoms with Gasteiger partial charge in [-0.15, -0.1) is 0 Å². The Kier molecular flexibility index (Phi) is 5.63. The zero-order valence-electron chi connectivity index (χ0n) is 18.3. The largest absolute Gasteiger partial charge is 0.474 e. The Labute approximate surface area is 190 Å². The van der Waals surface area contributed by atoms with E-state index in [0.717, 1.165) is 5.56 Å². The summed E-state index contributed by atoms with van der Waals surface area (Å²) in [5.41, 5.74) is 3.96. The van der Waals surface area contributed by atoms with E-state index >= 15 is 0 Å². The fourth-order valence-electron chi connectivity index (χ4n) is 3.57. The number of aromatic nitrogens is 5. The highest BCUT2D eigenvalue weighted by molar-refractivity contribution is 6.33. The van der Waals surface area contributed by atoms with Crippen molar-refractivity contribution in [3.8, 4) is 34.7 Å². The molecule has 0 radical (unpaired) electrons. The normalized spacial score (nSPS) is 11.7. The number of imidazole rings is 1. The Morgan fingerprint density at radius 2 is 2.00 bits per heavy atom. The molecule has 3 heterocycles. The lowest BCUT2D eigenvalue weighted by Crippen LogP contribution is -2.14. The number of aryl methyl sites for hydroxylation is 1. The molecular weight excluding hydrogens is 428 g/mol. The summed E-state index contributed by atoms with van der Waals surface area (Å²) in [6, 6.07) is 11.5. The number of nitrogens with zero attached hydrogens (tertiary/aromatic N) is 5. The third-order valence-corrected chi connectivity index (χ3v) is 5.34. The van der Waals surface area contributed by atoms with Gasteiger partial charge in [-0.2, -0.15) is 10.4 Å². The molecule has 0 saturated heterocycles. The quantitative estimate of drug-likeness (QED) is 0.470. The molecule has 0 fully saturated rings. The predicted octanol–water partition coefficient (Wildman–Crippen LogP) is 4.22. The minimum atomic E-state index is -0.304. The standard InChI is InChI=1S/C23H23ClN6O2/c1-23(2,3)20-14(12-25)19(30(4)29-20)21-26-17-11-16(13-7-5-6-8-15(13)24)27-22(18(17)28-21)32-10-9-31/h5-8,11,31H,9-10H2,1-4H3,(H,26,28). The molecule has 0 spiro atoms. The fourth-order valence-corrected chi connectivity index (χ4v) is 3.81. The van der Waals surface area contributed by atoms with E-state index in [2.05, 4.69) is 26.1 Å². The van der Waals surface area contributed by atoms with Crippen molar-refractivity contribution in [1.82, 2.24) is 24.7 Å². The maximum absolute atomic E-state index is 9.88. The van der Waals surface area contributed by atoms with Crippen LogP contribution in [0.5, 0.6) is 5.88 Å². The number of rotatable bonds is 5. The van der Waals surface area contributed by atoms with Crippen LogP contribution in [-0.2, 0) is 12.5 Å². The summed E-state index contributed by atoms with van der Waals surface area (Å²) in [7, 11) is 1.79. The maximum atomic E-state index is 9.88. The number of fused-ring (bicyclic) bond motifs is 1. The van der Waals surface area contributed by atoms with Gasteiger partial charge in [-0.25, -0.2) is 9.97 Å². The summed E-state index contributed by atoms with van der Waals surface area (Å²) in [5, 5.41) is 24.3. The van der Waals surface area contributed by atoms with E-state index < -0.39 is 0 Å². The number of nitriles is 1. The zero-order chi connectivity index (χ0) is 23.0. The molecule has 9 heteroatoms. The number of aliphatic hydroxyl groups excluding tert-OH is 1. The van der Waals surface area contributed by atoms with Crippen LogP contribution in [0.2, 0.25) is 5.02 Å². The van der Waals surface area contributed by atoms with Crippen LogP contribution in [0.4, 0.5) is 0 Å². The van der Waals surface area contributed by atoms with Crippen molar-refractivity contribution in [2.45, 2.75) is 26.2 Å². The topological polar surface area (TPSA) is 113 Å². The van der Waals surface area contributed by atoms with Gasteiger partial charge in [0.1, 0.15) is 23.9 Å². The monoisotopic (exact) mass is 450 g/mol. The molecule has 0 aliphatic heterocycles. The van der Waals surface area contributed by atoms with Crippen molar-refractivity contribution in [3.05, 3.63) is 46.6 Å². The van der Waals surface area contributed by atoms with Crippen molar-refractivity contribution in [2.75, 3.05) is 13.2 Å². The van der Waals surface area contributed by atoms with Crippen molar-refractivity contribution < 1.29 is 9.84 Å². The van der Waals surface area contributed by atoms with E-state index in [-0.39, 0.29) is 24.5 Å². The van der Waals surface area contributed by atoms with Crippen LogP contribution in [0.1, 0.15) is 32.0 Å². The van der Waals surface area contributed by atoms with Gasteiger partial charge in [0.2, 0.25) is 5.88 Å². The molecule has 164 valence electrons. The Bertz CT molecular complexity index is 1340. The number of hydrogen-bond acceptors (Lipinski definition) is 6. The minimum absolute atomic E-state index is 0.0690. The third-order valence-electron chi connectivity index (χ3n) is 5.01. The molecule has 0 aliphatic carbocycles. The van der Waals surface area contributed by atoms with Gasteiger partial charge in [-0.1, -0.05) is 50.6 Å². The lowest BCUT2D eigenvalue weighted by Gasteiger charge is -2.15. The molecule has 0 amide bonds. The van der Waals surface area contributed by atoms with Gasteiger partial charge in [0.05, 0.1) is 23.5 Å². The summed E-state index contributed by atoms with van der Waals surface area (Å²) in [4.78, 5) is 12.6. The lowest BCUT2D eigenvalue weighted by atomic mass is 9.89.